The second-order valence-corrected chi connectivity index (χ2v) is 13.1. The van der Waals surface area contributed by atoms with Crippen molar-refractivity contribution in [2.45, 2.75) is 94.1 Å². The molecule has 0 bridgehead atoms. The predicted octanol–water partition coefficient (Wildman–Crippen LogP) is 2.09. The molecule has 1 unspecified atom stereocenters. The van der Waals surface area contributed by atoms with Crippen molar-refractivity contribution in [1.82, 2.24) is 25.8 Å². The molecule has 1 saturated carbocycles. The highest BCUT2D eigenvalue weighted by Gasteiger charge is 2.61. The Bertz CT molecular complexity index is 1380. The van der Waals surface area contributed by atoms with Gasteiger partial charge in [-0.25, -0.2) is 14.4 Å². The number of rotatable bonds is 4. The first-order chi connectivity index (χ1) is 22.2. The summed E-state index contributed by atoms with van der Waals surface area (Å²) in [5, 5.41) is 18.5. The minimum atomic E-state index is -1.45. The normalized spacial score (nSPS) is 32.0. The fourth-order valence-electron chi connectivity index (χ4n) is 7.05. The molecule has 6 rings (SSSR count). The van der Waals surface area contributed by atoms with Gasteiger partial charge in [0.05, 0.1) is 19.2 Å². The maximum absolute atomic E-state index is 14.2. The van der Waals surface area contributed by atoms with Crippen molar-refractivity contribution in [2.75, 3.05) is 26.3 Å². The van der Waals surface area contributed by atoms with Crippen LogP contribution in [0, 0.1) is 5.92 Å². The van der Waals surface area contributed by atoms with Gasteiger partial charge >= 0.3 is 18.1 Å². The van der Waals surface area contributed by atoms with E-state index in [1.165, 1.54) is 10.5 Å². The number of hydrogen-bond acceptors (Lipinski definition) is 7. The summed E-state index contributed by atoms with van der Waals surface area (Å²) >= 11 is 0. The van der Waals surface area contributed by atoms with Gasteiger partial charge in [-0.2, -0.15) is 0 Å². The molecule has 13 heteroatoms. The van der Waals surface area contributed by atoms with Crippen molar-refractivity contribution >= 4 is 29.9 Å². The van der Waals surface area contributed by atoms with Gasteiger partial charge in [-0.1, -0.05) is 49.3 Å². The van der Waals surface area contributed by atoms with E-state index < -0.39 is 53.6 Å². The molecule has 2 saturated heterocycles. The van der Waals surface area contributed by atoms with Crippen molar-refractivity contribution in [3.05, 3.63) is 47.5 Å². The first kappa shape index (κ1) is 31.8. The lowest BCUT2D eigenvalue weighted by Gasteiger charge is -2.30. The molecule has 0 aromatic heterocycles. The van der Waals surface area contributed by atoms with E-state index in [4.69, 9.17) is 9.47 Å². The van der Waals surface area contributed by atoms with Crippen LogP contribution in [0.15, 0.2) is 36.4 Å². The van der Waals surface area contributed by atoms with Gasteiger partial charge in [0.2, 0.25) is 11.8 Å². The van der Waals surface area contributed by atoms with Crippen LogP contribution in [-0.2, 0) is 36.8 Å². The van der Waals surface area contributed by atoms with Gasteiger partial charge in [-0.3, -0.25) is 9.59 Å². The van der Waals surface area contributed by atoms with Crippen LogP contribution in [0.25, 0.3) is 0 Å². The Balaban J connectivity index is 1.20. The molecule has 6 atom stereocenters. The minimum Gasteiger partial charge on any atom is -0.479 e. The first-order valence-electron chi connectivity index (χ1n) is 16.4. The number of carbonyl (C=O) groups excluding carboxylic acids is 4. The Morgan fingerprint density at radius 3 is 2.67 bits per heavy atom. The molecule has 13 nitrogen and oxygen atoms in total. The standard InChI is InChI=1S/C33H43N5O8/c39-28-27-16-25(46-32(44)37-14-12-21-8-6-7-9-22(21)18-37)19-38(27)29(40)26(35-31(43)34-24-13-15-45-20-24)11-5-3-1-2-4-10-23-17-33(23,36-28)30(41)42/h4,6-10,23-27H,1-3,5,11-20H2,(H,36,39)(H,41,42)(H2,34,35,43)/b10-4-/t23-,24?,25-,26+,27+,33-/m1/s1. The lowest BCUT2D eigenvalue weighted by Crippen LogP contribution is -2.57. The molecule has 3 fully saturated rings. The SMILES string of the molecule is O=C(NC1CCOC1)N[C@H]1CCCCC/C=C\[C@@H]2C[C@@]2(C(=O)O)NC(=O)[C@@H]2C[C@@H](OC(=O)N3CCc4ccccc4C3)CN2C1=O. The zero-order valence-electron chi connectivity index (χ0n) is 25.9. The number of benzene rings is 1. The summed E-state index contributed by atoms with van der Waals surface area (Å²) in [5.74, 6) is -2.56. The second-order valence-electron chi connectivity index (χ2n) is 13.1. The number of ether oxygens (including phenoxy) is 2. The number of carboxylic acid groups (broad SMARTS) is 1. The van der Waals surface area contributed by atoms with Crippen molar-refractivity contribution in [3.8, 4) is 0 Å². The molecule has 1 aromatic rings. The van der Waals surface area contributed by atoms with Crippen LogP contribution >= 0.6 is 0 Å². The molecule has 248 valence electrons. The average molecular weight is 638 g/mol. The number of amides is 5. The molecule has 5 amide bonds. The van der Waals surface area contributed by atoms with Crippen molar-refractivity contribution in [2.24, 2.45) is 5.92 Å². The maximum atomic E-state index is 14.2. The summed E-state index contributed by atoms with van der Waals surface area (Å²) in [6.45, 7) is 1.79. The van der Waals surface area contributed by atoms with Gasteiger partial charge < -0.3 is 40.3 Å². The zero-order valence-corrected chi connectivity index (χ0v) is 25.9. The van der Waals surface area contributed by atoms with E-state index >= 15 is 0 Å². The summed E-state index contributed by atoms with van der Waals surface area (Å²) < 4.78 is 11.2. The summed E-state index contributed by atoms with van der Waals surface area (Å²) in [7, 11) is 0. The van der Waals surface area contributed by atoms with Crippen molar-refractivity contribution in [1.29, 1.82) is 0 Å². The second kappa shape index (κ2) is 13.7. The van der Waals surface area contributed by atoms with Gasteiger partial charge in [-0.15, -0.1) is 0 Å². The third-order valence-corrected chi connectivity index (χ3v) is 9.85. The third kappa shape index (κ3) is 6.98. The number of nitrogens with zero attached hydrogens (tertiary/aromatic N) is 2. The molecule has 46 heavy (non-hydrogen) atoms. The molecule has 1 aromatic carbocycles. The van der Waals surface area contributed by atoms with Crippen molar-refractivity contribution < 1.29 is 38.6 Å². The van der Waals surface area contributed by atoms with Crippen LogP contribution in [0.3, 0.4) is 0 Å². The van der Waals surface area contributed by atoms with E-state index in [1.54, 1.807) is 4.90 Å². The van der Waals surface area contributed by atoms with Gasteiger partial charge in [0.1, 0.15) is 23.7 Å². The van der Waals surface area contributed by atoms with Gasteiger partial charge in [0, 0.05) is 32.0 Å². The maximum Gasteiger partial charge on any atom is 0.410 e. The van der Waals surface area contributed by atoms with E-state index in [9.17, 15) is 29.1 Å². The molecular formula is C33H43N5O8. The molecular weight excluding hydrogens is 594 g/mol. The van der Waals surface area contributed by atoms with Crippen LogP contribution in [0.1, 0.15) is 62.5 Å². The minimum absolute atomic E-state index is 0.0161. The lowest BCUT2D eigenvalue weighted by atomic mass is 10.0. The Kier molecular flexibility index (Phi) is 9.48. The number of carboxylic acids is 1. The summed E-state index contributed by atoms with van der Waals surface area (Å²) in [4.78, 5) is 69.5. The Morgan fingerprint density at radius 1 is 1.07 bits per heavy atom. The zero-order chi connectivity index (χ0) is 32.3. The Labute approximate surface area is 268 Å². The Hall–Kier alpha value is -4.13. The number of aliphatic carboxylic acids is 1. The highest BCUT2D eigenvalue weighted by atomic mass is 16.6. The fourth-order valence-corrected chi connectivity index (χ4v) is 7.05. The molecule has 4 N–H and O–H groups in total. The van der Waals surface area contributed by atoms with Gasteiger partial charge in [0.15, 0.2) is 0 Å². The van der Waals surface area contributed by atoms with E-state index in [1.807, 2.05) is 36.4 Å². The van der Waals surface area contributed by atoms with Crippen LogP contribution in [0.2, 0.25) is 0 Å². The highest BCUT2D eigenvalue weighted by molar-refractivity contribution is 5.96. The summed E-state index contributed by atoms with van der Waals surface area (Å²) in [5.41, 5.74) is 0.784. The smallest absolute Gasteiger partial charge is 0.410 e. The Morgan fingerprint density at radius 2 is 1.89 bits per heavy atom. The largest absolute Gasteiger partial charge is 0.479 e. The first-order valence-corrected chi connectivity index (χ1v) is 16.4. The van der Waals surface area contributed by atoms with E-state index in [2.05, 4.69) is 16.0 Å². The molecule has 5 aliphatic rings. The predicted molar refractivity (Wildman–Crippen MR) is 164 cm³/mol. The number of hydrogen-bond donors (Lipinski definition) is 4. The number of carbonyl (C=O) groups is 5. The molecule has 0 spiro atoms. The summed E-state index contributed by atoms with van der Waals surface area (Å²) in [6.07, 6.45) is 7.56. The van der Waals surface area contributed by atoms with Crippen LogP contribution in [0.5, 0.6) is 0 Å². The monoisotopic (exact) mass is 637 g/mol. The quantitative estimate of drug-likeness (QED) is 0.364. The van der Waals surface area contributed by atoms with E-state index in [0.717, 1.165) is 24.8 Å². The molecule has 4 aliphatic heterocycles. The fraction of sp³-hybridized carbons (Fsp3) is 0.606. The van der Waals surface area contributed by atoms with Crippen LogP contribution in [-0.4, -0.2) is 101 Å². The number of urea groups is 1. The van der Waals surface area contributed by atoms with Gasteiger partial charge in [0.25, 0.3) is 0 Å². The van der Waals surface area contributed by atoms with Crippen LogP contribution < -0.4 is 16.0 Å². The number of allylic oxidation sites excluding steroid dienone is 1. The third-order valence-electron chi connectivity index (χ3n) is 9.85. The molecule has 1 aliphatic carbocycles. The number of fused-ring (bicyclic) bond motifs is 3. The van der Waals surface area contributed by atoms with Crippen molar-refractivity contribution in [3.63, 3.8) is 0 Å². The van der Waals surface area contributed by atoms with E-state index in [0.29, 0.717) is 52.0 Å². The molecule has 4 heterocycles. The topological polar surface area (TPSA) is 167 Å². The van der Waals surface area contributed by atoms with E-state index in [-0.39, 0.29) is 31.3 Å². The van der Waals surface area contributed by atoms with Crippen LogP contribution in [0.4, 0.5) is 9.59 Å². The molecule has 0 radical (unpaired) electrons. The van der Waals surface area contributed by atoms with Gasteiger partial charge in [-0.05, 0) is 49.7 Å². The highest BCUT2D eigenvalue weighted by Crippen LogP contribution is 2.45. The lowest BCUT2D eigenvalue weighted by molar-refractivity contribution is -0.145. The number of nitrogens with one attached hydrogen (secondary N) is 3. The summed E-state index contributed by atoms with van der Waals surface area (Å²) in [6, 6.07) is 5.27. The average Bonchev–Trinajstić information content (AvgIpc) is 3.32.